The van der Waals surface area contributed by atoms with Gasteiger partial charge in [-0.1, -0.05) is 110 Å². The number of benzene rings is 4. The third-order valence-corrected chi connectivity index (χ3v) is 8.45. The van der Waals surface area contributed by atoms with Crippen LogP contribution in [0.4, 0.5) is 0 Å². The third kappa shape index (κ3) is 4.03. The number of aryl methyl sites for hydroxylation is 1. The molecule has 0 N–H and O–H groups in total. The monoisotopic (exact) mass is 531 g/mol. The van der Waals surface area contributed by atoms with Gasteiger partial charge in [-0.15, -0.1) is 0 Å². The van der Waals surface area contributed by atoms with Crippen molar-refractivity contribution in [3.63, 3.8) is 0 Å². The molecule has 0 aliphatic heterocycles. The summed E-state index contributed by atoms with van der Waals surface area (Å²) in [6, 6.07) is 40.7. The van der Waals surface area contributed by atoms with Gasteiger partial charge in [0.2, 0.25) is 0 Å². The summed E-state index contributed by atoms with van der Waals surface area (Å²) in [7, 11) is 0. The van der Waals surface area contributed by atoms with Crippen LogP contribution in [0.3, 0.4) is 0 Å². The van der Waals surface area contributed by atoms with Gasteiger partial charge in [-0.3, -0.25) is 4.68 Å². The number of fused-ring (bicyclic) bond motifs is 1. The summed E-state index contributed by atoms with van der Waals surface area (Å²) in [6.07, 6.45) is 6.41. The van der Waals surface area contributed by atoms with Gasteiger partial charge in [-0.05, 0) is 53.1 Å². The van der Waals surface area contributed by atoms with Crippen LogP contribution in [0.5, 0.6) is 0 Å². The minimum Gasteiger partial charge on any atom is -0.250 e. The van der Waals surface area contributed by atoms with Crippen LogP contribution < -0.4 is 0 Å². The van der Waals surface area contributed by atoms with Gasteiger partial charge in [0.25, 0.3) is 0 Å². The lowest BCUT2D eigenvalue weighted by atomic mass is 9.76. The van der Waals surface area contributed by atoms with E-state index in [0.29, 0.717) is 5.65 Å². The Bertz CT molecular complexity index is 1860. The lowest BCUT2D eigenvalue weighted by molar-refractivity contribution is 0.463. The maximum Gasteiger partial charge on any atom is 0.184 e. The van der Waals surface area contributed by atoms with E-state index in [1.165, 1.54) is 5.56 Å². The summed E-state index contributed by atoms with van der Waals surface area (Å²) in [4.78, 5) is 9.36. The second kappa shape index (κ2) is 9.83. The molecule has 4 aromatic carbocycles. The maximum atomic E-state index is 9.81. The van der Waals surface area contributed by atoms with Gasteiger partial charge in [-0.2, -0.15) is 10.4 Å². The first kappa shape index (κ1) is 24.9. The Balaban J connectivity index is 1.51. The summed E-state index contributed by atoms with van der Waals surface area (Å²) < 4.78 is 2.07. The number of hydrogen-bond donors (Lipinski definition) is 0. The fourth-order valence-corrected chi connectivity index (χ4v) is 6.07. The first-order chi connectivity index (χ1) is 20.2. The Morgan fingerprint density at radius 1 is 0.805 bits per heavy atom. The average molecular weight is 532 g/mol. The smallest absolute Gasteiger partial charge is 0.184 e. The molecule has 41 heavy (non-hydrogen) atoms. The number of aromatic nitrogens is 4. The molecule has 0 amide bonds. The molecule has 2 aromatic heterocycles. The Morgan fingerprint density at radius 2 is 1.49 bits per heavy atom. The van der Waals surface area contributed by atoms with E-state index < -0.39 is 5.54 Å². The lowest BCUT2D eigenvalue weighted by Gasteiger charge is -2.36. The van der Waals surface area contributed by atoms with E-state index in [9.17, 15) is 5.26 Å². The van der Waals surface area contributed by atoms with Crippen LogP contribution in [0.1, 0.15) is 47.6 Å². The Morgan fingerprint density at radius 3 is 2.15 bits per heavy atom. The van der Waals surface area contributed by atoms with Crippen molar-refractivity contribution >= 4 is 11.0 Å². The molecule has 6 aromatic rings. The molecule has 5 nitrogen and oxygen atoms in total. The molecule has 1 aliphatic rings. The first-order valence-electron chi connectivity index (χ1n) is 14.1. The van der Waals surface area contributed by atoms with Gasteiger partial charge in [-0.25, -0.2) is 9.97 Å². The topological polar surface area (TPSA) is 67.4 Å². The van der Waals surface area contributed by atoms with E-state index in [-0.39, 0.29) is 5.41 Å². The quantitative estimate of drug-likeness (QED) is 0.201. The van der Waals surface area contributed by atoms with E-state index in [4.69, 9.17) is 10.1 Å². The zero-order valence-electron chi connectivity index (χ0n) is 22.9. The lowest BCUT2D eigenvalue weighted by Crippen LogP contribution is -2.38. The highest BCUT2D eigenvalue weighted by Crippen LogP contribution is 2.48. The van der Waals surface area contributed by atoms with Crippen molar-refractivity contribution < 1.29 is 0 Å². The van der Waals surface area contributed by atoms with Gasteiger partial charge in [0, 0.05) is 11.8 Å². The molecule has 1 aliphatic carbocycles. The molecule has 7 rings (SSSR count). The standard InChI is InChI=1S/C36H29N5/c1-2-26-11-9-18-31(21-26)36(28-13-5-3-6-14-28,29-15-7-4-8-16-29)41-23-32-33(38-25-39-34(32)40-41)27-12-10-17-30(22-27)35(24-37)19-20-35/h3-18,21-23,25H,2,19-20H2,1H3. The Labute approximate surface area is 239 Å². The molecular weight excluding hydrogens is 502 g/mol. The van der Waals surface area contributed by atoms with Gasteiger partial charge in [0.15, 0.2) is 5.65 Å². The van der Waals surface area contributed by atoms with Crippen molar-refractivity contribution in [2.24, 2.45) is 0 Å². The van der Waals surface area contributed by atoms with Gasteiger partial charge in [0.05, 0.1) is 22.6 Å². The Kier molecular flexibility index (Phi) is 5.98. The van der Waals surface area contributed by atoms with Crippen LogP contribution in [-0.4, -0.2) is 19.7 Å². The second-order valence-corrected chi connectivity index (χ2v) is 10.8. The van der Waals surface area contributed by atoms with E-state index in [0.717, 1.165) is 58.2 Å². The predicted octanol–water partition coefficient (Wildman–Crippen LogP) is 7.45. The molecule has 198 valence electrons. The summed E-state index contributed by atoms with van der Waals surface area (Å²) in [5.41, 5.74) is 6.95. The summed E-state index contributed by atoms with van der Waals surface area (Å²) in [5.74, 6) is 0. The molecule has 0 bridgehead atoms. The summed E-state index contributed by atoms with van der Waals surface area (Å²) in [5, 5.41) is 15.8. The van der Waals surface area contributed by atoms with Gasteiger partial charge < -0.3 is 0 Å². The fraction of sp³-hybridized carbons (Fsp3) is 0.167. The van der Waals surface area contributed by atoms with Crippen LogP contribution in [0.25, 0.3) is 22.3 Å². The van der Waals surface area contributed by atoms with Crippen molar-refractivity contribution in [2.75, 3.05) is 0 Å². The normalized spacial score (nSPS) is 14.0. The molecule has 0 unspecified atom stereocenters. The molecule has 0 spiro atoms. The van der Waals surface area contributed by atoms with Crippen molar-refractivity contribution in [1.82, 2.24) is 19.7 Å². The first-order valence-corrected chi connectivity index (χ1v) is 14.1. The molecule has 2 heterocycles. The fourth-order valence-electron chi connectivity index (χ4n) is 6.07. The molecule has 0 saturated heterocycles. The molecule has 5 heteroatoms. The van der Waals surface area contributed by atoms with E-state index in [2.05, 4.69) is 120 Å². The van der Waals surface area contributed by atoms with Crippen LogP contribution >= 0.6 is 0 Å². The zero-order valence-corrected chi connectivity index (χ0v) is 22.9. The highest BCUT2D eigenvalue weighted by atomic mass is 15.3. The van der Waals surface area contributed by atoms with E-state index >= 15 is 0 Å². The molecule has 1 saturated carbocycles. The Hall–Kier alpha value is -5.08. The van der Waals surface area contributed by atoms with Crippen molar-refractivity contribution in [1.29, 1.82) is 5.26 Å². The third-order valence-electron chi connectivity index (χ3n) is 8.45. The maximum absolute atomic E-state index is 9.81. The number of rotatable bonds is 7. The number of nitriles is 1. The van der Waals surface area contributed by atoms with Crippen LogP contribution in [0.2, 0.25) is 0 Å². The summed E-state index contributed by atoms with van der Waals surface area (Å²) in [6.45, 7) is 2.18. The van der Waals surface area contributed by atoms with E-state index in [1.807, 2.05) is 18.2 Å². The minimum atomic E-state index is -0.744. The molecule has 0 atom stereocenters. The minimum absolute atomic E-state index is 0.369. The highest BCUT2D eigenvalue weighted by molar-refractivity contribution is 5.90. The molecule has 0 radical (unpaired) electrons. The largest absolute Gasteiger partial charge is 0.250 e. The van der Waals surface area contributed by atoms with Crippen LogP contribution in [0, 0.1) is 11.3 Å². The SMILES string of the molecule is CCc1cccc(C(c2ccccc2)(c2ccccc2)n2cc3c(-c4cccc(C5(C#N)CC5)c4)ncnc3n2)c1. The predicted molar refractivity (Wildman–Crippen MR) is 161 cm³/mol. The second-order valence-electron chi connectivity index (χ2n) is 10.8. The van der Waals surface area contributed by atoms with Crippen LogP contribution in [-0.2, 0) is 17.4 Å². The molecular formula is C36H29N5. The van der Waals surface area contributed by atoms with Crippen molar-refractivity contribution in [3.05, 3.63) is 150 Å². The number of nitrogens with zero attached hydrogens (tertiary/aromatic N) is 5. The van der Waals surface area contributed by atoms with Crippen molar-refractivity contribution in [3.8, 4) is 17.3 Å². The average Bonchev–Trinajstić information content (AvgIpc) is 3.73. The van der Waals surface area contributed by atoms with E-state index in [1.54, 1.807) is 6.33 Å². The van der Waals surface area contributed by atoms with Gasteiger partial charge >= 0.3 is 0 Å². The van der Waals surface area contributed by atoms with Crippen molar-refractivity contribution in [2.45, 2.75) is 37.1 Å². The van der Waals surface area contributed by atoms with Gasteiger partial charge in [0.1, 0.15) is 11.9 Å². The highest BCUT2D eigenvalue weighted by Gasteiger charge is 2.45. The number of hydrogen-bond acceptors (Lipinski definition) is 4. The summed E-state index contributed by atoms with van der Waals surface area (Å²) >= 11 is 0. The van der Waals surface area contributed by atoms with Crippen LogP contribution in [0.15, 0.2) is 122 Å². The zero-order chi connectivity index (χ0) is 27.9. The molecule has 1 fully saturated rings.